The van der Waals surface area contributed by atoms with Crippen molar-refractivity contribution in [3.63, 3.8) is 0 Å². The summed E-state index contributed by atoms with van der Waals surface area (Å²) in [7, 11) is 0. The minimum absolute atomic E-state index is 0.380. The molecule has 76 valence electrons. The Morgan fingerprint density at radius 1 is 1.13 bits per heavy atom. The van der Waals surface area contributed by atoms with Crippen LogP contribution in [-0.4, -0.2) is 15.0 Å². The van der Waals surface area contributed by atoms with Gasteiger partial charge in [0.15, 0.2) is 5.82 Å². The van der Waals surface area contributed by atoms with Gasteiger partial charge in [-0.3, -0.25) is 0 Å². The third-order valence-electron chi connectivity index (χ3n) is 1.94. The van der Waals surface area contributed by atoms with Crippen molar-refractivity contribution >= 4 is 23.2 Å². The Labute approximate surface area is 97.1 Å². The molecule has 0 saturated heterocycles. The van der Waals surface area contributed by atoms with Crippen molar-refractivity contribution in [3.8, 4) is 11.5 Å². The summed E-state index contributed by atoms with van der Waals surface area (Å²) in [6, 6.07) is 3.44. The maximum absolute atomic E-state index is 5.99. The first-order valence-corrected chi connectivity index (χ1v) is 5.04. The van der Waals surface area contributed by atoms with Crippen LogP contribution in [0.2, 0.25) is 10.2 Å². The van der Waals surface area contributed by atoms with Crippen LogP contribution in [0.25, 0.3) is 11.5 Å². The number of halogens is 2. The van der Waals surface area contributed by atoms with E-state index in [9.17, 15) is 0 Å². The molecule has 2 rings (SSSR count). The van der Waals surface area contributed by atoms with Crippen LogP contribution in [-0.2, 0) is 0 Å². The van der Waals surface area contributed by atoms with Crippen LogP contribution in [0.15, 0.2) is 24.5 Å². The largest absolute Gasteiger partial charge is 0.235 e. The lowest BCUT2D eigenvalue weighted by molar-refractivity contribution is 1.13. The predicted molar refractivity (Wildman–Crippen MR) is 60.0 cm³/mol. The zero-order valence-corrected chi connectivity index (χ0v) is 9.42. The fraction of sp³-hybridized carbons (Fsp3) is 0.100. The molecule has 0 bridgehead atoms. The maximum Gasteiger partial charge on any atom is 0.178 e. The van der Waals surface area contributed by atoms with Crippen molar-refractivity contribution < 1.29 is 0 Å². The minimum atomic E-state index is 0.380. The van der Waals surface area contributed by atoms with E-state index in [1.807, 2.05) is 6.92 Å². The van der Waals surface area contributed by atoms with Crippen molar-refractivity contribution in [2.24, 2.45) is 0 Å². The minimum Gasteiger partial charge on any atom is -0.235 e. The van der Waals surface area contributed by atoms with Gasteiger partial charge in [-0.15, -0.1) is 0 Å². The molecule has 0 aliphatic rings. The molecule has 0 N–H and O–H groups in total. The molecule has 15 heavy (non-hydrogen) atoms. The molecule has 0 aliphatic carbocycles. The lowest BCUT2D eigenvalue weighted by atomic mass is 10.2. The number of pyridine rings is 1. The summed E-state index contributed by atoms with van der Waals surface area (Å²) in [5, 5.41) is 0.947. The molecule has 0 aliphatic heterocycles. The topological polar surface area (TPSA) is 38.7 Å². The van der Waals surface area contributed by atoms with E-state index in [0.29, 0.717) is 21.7 Å². The van der Waals surface area contributed by atoms with Crippen LogP contribution in [0.4, 0.5) is 0 Å². The highest BCUT2D eigenvalue weighted by Gasteiger charge is 2.08. The Balaban J connectivity index is 2.56. The van der Waals surface area contributed by atoms with E-state index in [1.54, 1.807) is 24.5 Å². The summed E-state index contributed by atoms with van der Waals surface area (Å²) in [4.78, 5) is 12.3. The standard InChI is InChI=1S/C10H7Cl2N3/c1-6-7(11)5-8(15-9(6)12)10-13-3-2-4-14-10/h2-5H,1H3. The second-order valence-electron chi connectivity index (χ2n) is 2.98. The molecule has 0 unspecified atom stereocenters. The molecule has 0 spiro atoms. The quantitative estimate of drug-likeness (QED) is 0.718. The van der Waals surface area contributed by atoms with Crippen molar-refractivity contribution in [3.05, 3.63) is 40.3 Å². The predicted octanol–water partition coefficient (Wildman–Crippen LogP) is 3.15. The van der Waals surface area contributed by atoms with Gasteiger partial charge >= 0.3 is 0 Å². The van der Waals surface area contributed by atoms with E-state index in [4.69, 9.17) is 23.2 Å². The Hall–Kier alpha value is -1.19. The lowest BCUT2D eigenvalue weighted by Crippen LogP contribution is -1.92. The molecule has 0 atom stereocenters. The third-order valence-corrected chi connectivity index (χ3v) is 2.71. The molecule has 0 fully saturated rings. The molecule has 2 heterocycles. The van der Waals surface area contributed by atoms with Gasteiger partial charge in [0.05, 0.1) is 0 Å². The fourth-order valence-corrected chi connectivity index (χ4v) is 1.53. The summed E-state index contributed by atoms with van der Waals surface area (Å²) < 4.78 is 0. The summed E-state index contributed by atoms with van der Waals surface area (Å²) >= 11 is 11.9. The molecule has 3 nitrogen and oxygen atoms in total. The van der Waals surface area contributed by atoms with E-state index in [2.05, 4.69) is 15.0 Å². The van der Waals surface area contributed by atoms with E-state index in [0.717, 1.165) is 5.56 Å². The molecule has 0 saturated carbocycles. The Morgan fingerprint density at radius 2 is 1.80 bits per heavy atom. The first kappa shape index (κ1) is 10.3. The van der Waals surface area contributed by atoms with Crippen LogP contribution in [0, 0.1) is 6.92 Å². The van der Waals surface area contributed by atoms with Gasteiger partial charge in [-0.05, 0) is 19.1 Å². The van der Waals surface area contributed by atoms with Gasteiger partial charge in [0.2, 0.25) is 0 Å². The first-order chi connectivity index (χ1) is 7.18. The Morgan fingerprint density at radius 3 is 2.40 bits per heavy atom. The molecular formula is C10H7Cl2N3. The van der Waals surface area contributed by atoms with Gasteiger partial charge in [0.1, 0.15) is 10.8 Å². The van der Waals surface area contributed by atoms with E-state index >= 15 is 0 Å². The molecule has 0 aromatic carbocycles. The highest BCUT2D eigenvalue weighted by Crippen LogP contribution is 2.25. The first-order valence-electron chi connectivity index (χ1n) is 4.28. The Bertz CT molecular complexity index is 462. The maximum atomic E-state index is 5.99. The average molecular weight is 240 g/mol. The lowest BCUT2D eigenvalue weighted by Gasteiger charge is -2.03. The number of hydrogen-bond acceptors (Lipinski definition) is 3. The van der Waals surface area contributed by atoms with Crippen LogP contribution in [0.5, 0.6) is 0 Å². The van der Waals surface area contributed by atoms with Crippen molar-refractivity contribution in [1.29, 1.82) is 0 Å². The fourth-order valence-electron chi connectivity index (χ4n) is 1.09. The summed E-state index contributed by atoms with van der Waals surface area (Å²) in [5.74, 6) is 0.515. The van der Waals surface area contributed by atoms with Gasteiger partial charge in [-0.2, -0.15) is 0 Å². The monoisotopic (exact) mass is 239 g/mol. The van der Waals surface area contributed by atoms with Crippen LogP contribution in [0.3, 0.4) is 0 Å². The van der Waals surface area contributed by atoms with E-state index in [-0.39, 0.29) is 0 Å². The second-order valence-corrected chi connectivity index (χ2v) is 3.74. The molecule has 2 aromatic heterocycles. The second kappa shape index (κ2) is 4.13. The van der Waals surface area contributed by atoms with Gasteiger partial charge in [-0.25, -0.2) is 15.0 Å². The number of nitrogens with zero attached hydrogens (tertiary/aromatic N) is 3. The summed E-state index contributed by atoms with van der Waals surface area (Å²) in [6.45, 7) is 1.81. The van der Waals surface area contributed by atoms with Crippen molar-refractivity contribution in [2.75, 3.05) is 0 Å². The van der Waals surface area contributed by atoms with E-state index < -0.39 is 0 Å². The molecule has 0 radical (unpaired) electrons. The number of hydrogen-bond donors (Lipinski definition) is 0. The Kier molecular flexibility index (Phi) is 2.84. The van der Waals surface area contributed by atoms with Gasteiger partial charge in [0, 0.05) is 23.0 Å². The summed E-state index contributed by atoms with van der Waals surface area (Å²) in [5.41, 5.74) is 1.34. The average Bonchev–Trinajstić information content (AvgIpc) is 2.26. The smallest absolute Gasteiger partial charge is 0.178 e. The highest BCUT2D eigenvalue weighted by molar-refractivity contribution is 6.35. The summed E-state index contributed by atoms with van der Waals surface area (Å²) in [6.07, 6.45) is 3.29. The SMILES string of the molecule is Cc1c(Cl)cc(-c2ncccn2)nc1Cl. The van der Waals surface area contributed by atoms with E-state index in [1.165, 1.54) is 0 Å². The van der Waals surface area contributed by atoms with Crippen molar-refractivity contribution in [2.45, 2.75) is 6.92 Å². The van der Waals surface area contributed by atoms with Crippen LogP contribution in [0.1, 0.15) is 5.56 Å². The third kappa shape index (κ3) is 2.08. The molecule has 0 amide bonds. The molecular weight excluding hydrogens is 233 g/mol. The molecule has 2 aromatic rings. The molecule has 5 heteroatoms. The highest BCUT2D eigenvalue weighted by atomic mass is 35.5. The van der Waals surface area contributed by atoms with Gasteiger partial charge < -0.3 is 0 Å². The van der Waals surface area contributed by atoms with Gasteiger partial charge in [0.25, 0.3) is 0 Å². The zero-order chi connectivity index (χ0) is 10.8. The van der Waals surface area contributed by atoms with Crippen LogP contribution >= 0.6 is 23.2 Å². The number of rotatable bonds is 1. The zero-order valence-electron chi connectivity index (χ0n) is 7.91. The number of aromatic nitrogens is 3. The normalized spacial score (nSPS) is 10.3. The van der Waals surface area contributed by atoms with Gasteiger partial charge in [-0.1, -0.05) is 23.2 Å². The van der Waals surface area contributed by atoms with Crippen molar-refractivity contribution in [1.82, 2.24) is 15.0 Å². The van der Waals surface area contributed by atoms with Crippen LogP contribution < -0.4 is 0 Å².